The van der Waals surface area contributed by atoms with Crippen LogP contribution >= 0.6 is 0 Å². The standard InChI is InChI=1S/C14H25N3O3/c1-13(2,3)16-11(18)7-17-8-14(9-17)4-10(5-14)6-15-12(19)20/h10,15H,4-9H2,1-3H3,(H,16,18)(H,19,20). The summed E-state index contributed by atoms with van der Waals surface area (Å²) in [4.78, 5) is 24.4. The highest BCUT2D eigenvalue weighted by molar-refractivity contribution is 5.78. The molecule has 20 heavy (non-hydrogen) atoms. The van der Waals surface area contributed by atoms with Gasteiger partial charge in [0.2, 0.25) is 5.91 Å². The molecule has 2 amide bonds. The zero-order valence-corrected chi connectivity index (χ0v) is 12.5. The number of nitrogens with one attached hydrogen (secondary N) is 2. The molecule has 3 N–H and O–H groups in total. The lowest BCUT2D eigenvalue weighted by Gasteiger charge is -2.59. The van der Waals surface area contributed by atoms with E-state index < -0.39 is 6.09 Å². The highest BCUT2D eigenvalue weighted by Crippen LogP contribution is 2.51. The number of hydrogen-bond acceptors (Lipinski definition) is 3. The van der Waals surface area contributed by atoms with Crippen molar-refractivity contribution in [3.8, 4) is 0 Å². The molecule has 2 fully saturated rings. The van der Waals surface area contributed by atoms with Crippen LogP contribution in [0, 0.1) is 11.3 Å². The average molecular weight is 283 g/mol. The first-order chi connectivity index (χ1) is 9.17. The maximum atomic E-state index is 11.8. The molecule has 0 aromatic heterocycles. The summed E-state index contributed by atoms with van der Waals surface area (Å²) in [6, 6.07) is 0. The van der Waals surface area contributed by atoms with Crippen molar-refractivity contribution >= 4 is 12.0 Å². The molecule has 1 aliphatic heterocycles. The van der Waals surface area contributed by atoms with E-state index in [4.69, 9.17) is 5.11 Å². The SMILES string of the molecule is CC(C)(C)NC(=O)CN1CC2(CC(CNC(=O)O)C2)C1. The molecule has 1 aliphatic carbocycles. The molecule has 0 bridgehead atoms. The minimum atomic E-state index is -0.944. The Morgan fingerprint density at radius 3 is 2.40 bits per heavy atom. The van der Waals surface area contributed by atoms with Crippen molar-refractivity contribution in [2.75, 3.05) is 26.2 Å². The number of likely N-dealkylation sites (tertiary alicyclic amines) is 1. The van der Waals surface area contributed by atoms with Crippen LogP contribution in [0.5, 0.6) is 0 Å². The Morgan fingerprint density at radius 2 is 1.90 bits per heavy atom. The second-order valence-corrected chi connectivity index (χ2v) is 7.40. The predicted molar refractivity (Wildman–Crippen MR) is 75.5 cm³/mol. The Morgan fingerprint density at radius 1 is 1.30 bits per heavy atom. The summed E-state index contributed by atoms with van der Waals surface area (Å²) < 4.78 is 0. The first kappa shape index (κ1) is 15.1. The number of carbonyl (C=O) groups excluding carboxylic acids is 1. The van der Waals surface area contributed by atoms with Gasteiger partial charge in [-0.1, -0.05) is 0 Å². The fourth-order valence-electron chi connectivity index (χ4n) is 3.47. The van der Waals surface area contributed by atoms with Gasteiger partial charge in [-0.25, -0.2) is 4.79 Å². The van der Waals surface area contributed by atoms with Gasteiger partial charge in [0.15, 0.2) is 0 Å². The van der Waals surface area contributed by atoms with Gasteiger partial charge < -0.3 is 15.7 Å². The van der Waals surface area contributed by atoms with Crippen LogP contribution in [0.3, 0.4) is 0 Å². The van der Waals surface area contributed by atoms with Crippen LogP contribution in [0.25, 0.3) is 0 Å². The third-order valence-corrected chi connectivity index (χ3v) is 3.99. The maximum Gasteiger partial charge on any atom is 0.404 e. The minimum absolute atomic E-state index is 0.0794. The second kappa shape index (κ2) is 5.24. The van der Waals surface area contributed by atoms with Crippen LogP contribution in [0.1, 0.15) is 33.6 Å². The molecule has 0 radical (unpaired) electrons. The Balaban J connectivity index is 1.62. The van der Waals surface area contributed by atoms with Crippen molar-refractivity contribution in [2.24, 2.45) is 11.3 Å². The summed E-state index contributed by atoms with van der Waals surface area (Å²) in [6.45, 7) is 8.90. The molecule has 2 rings (SSSR count). The molecule has 6 nitrogen and oxygen atoms in total. The number of rotatable bonds is 4. The number of amides is 2. The van der Waals surface area contributed by atoms with Crippen LogP contribution in [-0.4, -0.2) is 53.7 Å². The number of hydrogen-bond donors (Lipinski definition) is 3. The molecule has 1 spiro atoms. The Bertz CT molecular complexity index is 389. The van der Waals surface area contributed by atoms with E-state index >= 15 is 0 Å². The molecular weight excluding hydrogens is 258 g/mol. The fourth-order valence-corrected chi connectivity index (χ4v) is 3.47. The average Bonchev–Trinajstić information content (AvgIpc) is 2.14. The van der Waals surface area contributed by atoms with E-state index in [-0.39, 0.29) is 11.4 Å². The number of carbonyl (C=O) groups is 2. The summed E-state index contributed by atoms with van der Waals surface area (Å²) in [7, 11) is 0. The smallest absolute Gasteiger partial charge is 0.404 e. The largest absolute Gasteiger partial charge is 0.465 e. The Kier molecular flexibility index (Phi) is 3.95. The zero-order valence-electron chi connectivity index (χ0n) is 12.5. The lowest BCUT2D eigenvalue weighted by atomic mass is 9.57. The molecule has 0 atom stereocenters. The van der Waals surface area contributed by atoms with E-state index in [1.54, 1.807) is 0 Å². The second-order valence-electron chi connectivity index (χ2n) is 7.40. The van der Waals surface area contributed by atoms with Gasteiger partial charge in [0, 0.05) is 25.2 Å². The zero-order chi connectivity index (χ0) is 15.0. The summed E-state index contributed by atoms with van der Waals surface area (Å²) >= 11 is 0. The first-order valence-corrected chi connectivity index (χ1v) is 7.18. The van der Waals surface area contributed by atoms with E-state index in [9.17, 15) is 9.59 Å². The molecule has 114 valence electrons. The van der Waals surface area contributed by atoms with Crippen LogP contribution in [0.15, 0.2) is 0 Å². The molecule has 0 unspecified atom stereocenters. The topological polar surface area (TPSA) is 81.7 Å². The molecule has 2 aliphatic rings. The van der Waals surface area contributed by atoms with Crippen molar-refractivity contribution in [3.63, 3.8) is 0 Å². The van der Waals surface area contributed by atoms with Crippen molar-refractivity contribution < 1.29 is 14.7 Å². The monoisotopic (exact) mass is 283 g/mol. The summed E-state index contributed by atoms with van der Waals surface area (Å²) in [5.41, 5.74) is 0.177. The van der Waals surface area contributed by atoms with Crippen LogP contribution in [0.4, 0.5) is 4.79 Å². The number of carboxylic acid groups (broad SMARTS) is 1. The minimum Gasteiger partial charge on any atom is -0.465 e. The molecule has 1 saturated heterocycles. The van der Waals surface area contributed by atoms with Crippen molar-refractivity contribution in [1.29, 1.82) is 0 Å². The fraction of sp³-hybridized carbons (Fsp3) is 0.857. The molecule has 0 aromatic carbocycles. The maximum absolute atomic E-state index is 11.8. The van der Waals surface area contributed by atoms with Gasteiger partial charge >= 0.3 is 6.09 Å². The van der Waals surface area contributed by atoms with Gasteiger partial charge in [-0.05, 0) is 44.9 Å². The predicted octanol–water partition coefficient (Wildman–Crippen LogP) is 0.881. The number of nitrogens with zero attached hydrogens (tertiary/aromatic N) is 1. The Hall–Kier alpha value is -1.30. The summed E-state index contributed by atoms with van der Waals surface area (Å²) in [6.07, 6.45) is 1.20. The highest BCUT2D eigenvalue weighted by Gasteiger charge is 2.52. The molecule has 0 aromatic rings. The molecular formula is C14H25N3O3. The highest BCUT2D eigenvalue weighted by atomic mass is 16.4. The summed E-state index contributed by atoms with van der Waals surface area (Å²) in [5, 5.41) is 14.0. The first-order valence-electron chi connectivity index (χ1n) is 7.18. The van der Waals surface area contributed by atoms with E-state index in [0.29, 0.717) is 24.4 Å². The van der Waals surface area contributed by atoms with E-state index in [0.717, 1.165) is 25.9 Å². The third kappa shape index (κ3) is 3.85. The van der Waals surface area contributed by atoms with E-state index in [1.807, 2.05) is 20.8 Å². The van der Waals surface area contributed by atoms with Crippen LogP contribution in [-0.2, 0) is 4.79 Å². The van der Waals surface area contributed by atoms with Gasteiger partial charge in [0.1, 0.15) is 0 Å². The lowest BCUT2D eigenvalue weighted by Crippen LogP contribution is -2.64. The quantitative estimate of drug-likeness (QED) is 0.715. The van der Waals surface area contributed by atoms with Gasteiger partial charge in [0.25, 0.3) is 0 Å². The van der Waals surface area contributed by atoms with Gasteiger partial charge in [-0.15, -0.1) is 0 Å². The third-order valence-electron chi connectivity index (χ3n) is 3.99. The van der Waals surface area contributed by atoms with E-state index in [1.165, 1.54) is 0 Å². The van der Waals surface area contributed by atoms with Gasteiger partial charge in [0.05, 0.1) is 6.54 Å². The normalized spacial score (nSPS) is 21.9. The van der Waals surface area contributed by atoms with Gasteiger partial charge in [-0.2, -0.15) is 0 Å². The van der Waals surface area contributed by atoms with E-state index in [2.05, 4.69) is 15.5 Å². The van der Waals surface area contributed by atoms with Gasteiger partial charge in [-0.3, -0.25) is 9.69 Å². The van der Waals surface area contributed by atoms with Crippen LogP contribution < -0.4 is 10.6 Å². The van der Waals surface area contributed by atoms with Crippen molar-refractivity contribution in [2.45, 2.75) is 39.2 Å². The molecule has 1 heterocycles. The molecule has 6 heteroatoms. The molecule has 1 saturated carbocycles. The van der Waals surface area contributed by atoms with Crippen molar-refractivity contribution in [3.05, 3.63) is 0 Å². The summed E-state index contributed by atoms with van der Waals surface area (Å²) in [5.74, 6) is 0.549. The van der Waals surface area contributed by atoms with Crippen molar-refractivity contribution in [1.82, 2.24) is 15.5 Å². The van der Waals surface area contributed by atoms with Crippen LogP contribution in [0.2, 0.25) is 0 Å². The Labute approximate surface area is 119 Å². The lowest BCUT2D eigenvalue weighted by molar-refractivity contribution is -0.133.